The van der Waals surface area contributed by atoms with E-state index in [9.17, 15) is 10.1 Å². The predicted octanol–water partition coefficient (Wildman–Crippen LogP) is 2.44. The molecule has 1 saturated carbocycles. The van der Waals surface area contributed by atoms with Crippen molar-refractivity contribution < 1.29 is 4.92 Å². The van der Waals surface area contributed by atoms with Crippen LogP contribution in [0, 0.1) is 16.0 Å². The van der Waals surface area contributed by atoms with Crippen LogP contribution < -0.4 is 10.2 Å². The molecule has 1 heterocycles. The Hall–Kier alpha value is -1.92. The van der Waals surface area contributed by atoms with E-state index in [4.69, 9.17) is 0 Å². The summed E-state index contributed by atoms with van der Waals surface area (Å²) in [7, 11) is 3.59. The van der Waals surface area contributed by atoms with Crippen molar-refractivity contribution in [1.29, 1.82) is 0 Å². The normalized spacial score (nSPS) is 22.4. The first-order chi connectivity index (χ1) is 9.52. The minimum Gasteiger partial charge on any atom is -0.357 e. The quantitative estimate of drug-likeness (QED) is 0.673. The zero-order chi connectivity index (χ0) is 14.7. The third-order valence-corrected chi connectivity index (χ3v) is 4.04. The van der Waals surface area contributed by atoms with Crippen molar-refractivity contribution in [1.82, 2.24) is 9.97 Å². The molecule has 0 aromatic carbocycles. The summed E-state index contributed by atoms with van der Waals surface area (Å²) in [6.45, 7) is 2.25. The van der Waals surface area contributed by atoms with Crippen LogP contribution >= 0.6 is 0 Å². The van der Waals surface area contributed by atoms with Gasteiger partial charge in [0.2, 0.25) is 11.8 Å². The highest BCUT2D eigenvalue weighted by atomic mass is 16.6. The molecule has 0 bridgehead atoms. The van der Waals surface area contributed by atoms with Crippen LogP contribution in [0.3, 0.4) is 0 Å². The average molecular weight is 279 g/mol. The van der Waals surface area contributed by atoms with Crippen LogP contribution in [0.1, 0.15) is 32.6 Å². The Balaban J connectivity index is 2.27. The molecule has 20 heavy (non-hydrogen) atoms. The zero-order valence-electron chi connectivity index (χ0n) is 12.2. The van der Waals surface area contributed by atoms with Crippen molar-refractivity contribution >= 4 is 17.5 Å². The van der Waals surface area contributed by atoms with Crippen molar-refractivity contribution in [2.75, 3.05) is 24.3 Å². The van der Waals surface area contributed by atoms with Gasteiger partial charge >= 0.3 is 5.69 Å². The van der Waals surface area contributed by atoms with Crippen LogP contribution in [0.2, 0.25) is 0 Å². The van der Waals surface area contributed by atoms with E-state index in [2.05, 4.69) is 22.2 Å². The Labute approximate surface area is 118 Å². The first kappa shape index (κ1) is 14.5. The molecule has 0 atom stereocenters. The third kappa shape index (κ3) is 2.97. The van der Waals surface area contributed by atoms with Crippen molar-refractivity contribution in [2.24, 2.45) is 5.92 Å². The Bertz CT molecular complexity index is 486. The number of hydrogen-bond donors (Lipinski definition) is 1. The summed E-state index contributed by atoms with van der Waals surface area (Å²) in [5, 5.41) is 14.0. The minimum absolute atomic E-state index is 0.0369. The first-order valence-corrected chi connectivity index (χ1v) is 6.95. The standard InChI is InChI=1S/C13H21N5O2/c1-9-4-6-10(7-5-9)17(3)12-11(18(19)20)8-15-13(14-2)16-12/h8-10H,4-7H2,1-3H3,(H,14,15,16). The highest BCUT2D eigenvalue weighted by Gasteiger charge is 2.28. The van der Waals surface area contributed by atoms with Gasteiger partial charge in [0, 0.05) is 20.1 Å². The number of aromatic nitrogens is 2. The topological polar surface area (TPSA) is 84.2 Å². The molecule has 1 N–H and O–H groups in total. The van der Waals surface area contributed by atoms with Gasteiger partial charge < -0.3 is 10.2 Å². The van der Waals surface area contributed by atoms with Gasteiger partial charge in [0.15, 0.2) is 0 Å². The smallest absolute Gasteiger partial charge is 0.329 e. The first-order valence-electron chi connectivity index (χ1n) is 6.95. The second kappa shape index (κ2) is 6.02. The van der Waals surface area contributed by atoms with E-state index >= 15 is 0 Å². The van der Waals surface area contributed by atoms with E-state index in [1.807, 2.05) is 11.9 Å². The highest BCUT2D eigenvalue weighted by Crippen LogP contribution is 2.32. The Morgan fingerprint density at radius 3 is 2.60 bits per heavy atom. The number of hydrogen-bond acceptors (Lipinski definition) is 6. The number of nitrogens with zero attached hydrogens (tertiary/aromatic N) is 4. The van der Waals surface area contributed by atoms with Crippen LogP contribution in [-0.4, -0.2) is 35.0 Å². The summed E-state index contributed by atoms with van der Waals surface area (Å²) in [6.07, 6.45) is 5.69. The van der Waals surface area contributed by atoms with Gasteiger partial charge in [-0.25, -0.2) is 4.98 Å². The molecule has 1 aromatic rings. The van der Waals surface area contributed by atoms with Gasteiger partial charge in [-0.05, 0) is 31.6 Å². The molecule has 110 valence electrons. The van der Waals surface area contributed by atoms with Gasteiger partial charge in [0.1, 0.15) is 6.20 Å². The maximum atomic E-state index is 11.1. The molecular formula is C13H21N5O2. The minimum atomic E-state index is -0.420. The summed E-state index contributed by atoms with van der Waals surface area (Å²) in [5.74, 6) is 1.54. The van der Waals surface area contributed by atoms with Crippen LogP contribution in [0.4, 0.5) is 17.5 Å². The largest absolute Gasteiger partial charge is 0.357 e. The Morgan fingerprint density at radius 1 is 1.40 bits per heavy atom. The molecule has 0 saturated heterocycles. The number of rotatable bonds is 4. The molecule has 0 radical (unpaired) electrons. The number of nitro groups is 1. The van der Waals surface area contributed by atoms with Crippen molar-refractivity contribution in [3.05, 3.63) is 16.3 Å². The average Bonchev–Trinajstić information content (AvgIpc) is 2.46. The molecule has 0 amide bonds. The Morgan fingerprint density at radius 2 is 2.05 bits per heavy atom. The lowest BCUT2D eigenvalue weighted by Gasteiger charge is -2.34. The molecule has 7 nitrogen and oxygen atoms in total. The van der Waals surface area contributed by atoms with E-state index in [-0.39, 0.29) is 5.69 Å². The highest BCUT2D eigenvalue weighted by molar-refractivity contribution is 5.59. The van der Waals surface area contributed by atoms with Gasteiger partial charge in [0.25, 0.3) is 0 Å². The van der Waals surface area contributed by atoms with Gasteiger partial charge in [-0.15, -0.1) is 0 Å². The second-order valence-corrected chi connectivity index (χ2v) is 5.43. The lowest BCUT2D eigenvalue weighted by Crippen LogP contribution is -2.35. The molecule has 1 fully saturated rings. The summed E-state index contributed by atoms with van der Waals surface area (Å²) in [4.78, 5) is 20.9. The molecule has 0 spiro atoms. The van der Waals surface area contributed by atoms with Gasteiger partial charge in [-0.3, -0.25) is 10.1 Å². The Kier molecular flexibility index (Phi) is 4.36. The third-order valence-electron chi connectivity index (χ3n) is 4.04. The summed E-state index contributed by atoms with van der Waals surface area (Å²) in [5.41, 5.74) is -0.0369. The monoisotopic (exact) mass is 279 g/mol. The lowest BCUT2D eigenvalue weighted by molar-refractivity contribution is -0.384. The fourth-order valence-corrected chi connectivity index (χ4v) is 2.68. The molecule has 0 aliphatic heterocycles. The number of nitrogens with one attached hydrogen (secondary N) is 1. The predicted molar refractivity (Wildman–Crippen MR) is 78.1 cm³/mol. The van der Waals surface area contributed by atoms with Gasteiger partial charge in [-0.1, -0.05) is 6.92 Å². The van der Waals surface area contributed by atoms with Crippen molar-refractivity contribution in [2.45, 2.75) is 38.6 Å². The molecule has 1 aliphatic carbocycles. The van der Waals surface area contributed by atoms with Crippen molar-refractivity contribution in [3.63, 3.8) is 0 Å². The fourth-order valence-electron chi connectivity index (χ4n) is 2.68. The molecule has 2 rings (SSSR count). The van der Waals surface area contributed by atoms with Crippen LogP contribution in [-0.2, 0) is 0 Å². The van der Waals surface area contributed by atoms with E-state index < -0.39 is 4.92 Å². The summed E-state index contributed by atoms with van der Waals surface area (Å²) >= 11 is 0. The maximum Gasteiger partial charge on any atom is 0.329 e. The molecular weight excluding hydrogens is 258 g/mol. The van der Waals surface area contributed by atoms with Crippen molar-refractivity contribution in [3.8, 4) is 0 Å². The van der Waals surface area contributed by atoms with Crippen LogP contribution in [0.5, 0.6) is 0 Å². The van der Waals surface area contributed by atoms with Gasteiger partial charge in [0.05, 0.1) is 4.92 Å². The molecule has 1 aliphatic rings. The molecule has 7 heteroatoms. The fraction of sp³-hybridized carbons (Fsp3) is 0.692. The molecule has 0 unspecified atom stereocenters. The summed E-state index contributed by atoms with van der Waals surface area (Å²) < 4.78 is 0. The SMILES string of the molecule is CNc1ncc([N+](=O)[O-])c(N(C)C2CCC(C)CC2)n1. The maximum absolute atomic E-state index is 11.1. The lowest BCUT2D eigenvalue weighted by atomic mass is 9.87. The second-order valence-electron chi connectivity index (χ2n) is 5.43. The van der Waals surface area contributed by atoms with Crippen LogP contribution in [0.25, 0.3) is 0 Å². The van der Waals surface area contributed by atoms with E-state index in [0.717, 1.165) is 31.6 Å². The number of anilines is 2. The molecule has 1 aromatic heterocycles. The summed E-state index contributed by atoms with van der Waals surface area (Å²) in [6, 6.07) is 0.310. The van der Waals surface area contributed by atoms with E-state index in [1.165, 1.54) is 6.20 Å². The zero-order valence-corrected chi connectivity index (χ0v) is 12.2. The van der Waals surface area contributed by atoms with Gasteiger partial charge in [-0.2, -0.15) is 4.98 Å². The van der Waals surface area contributed by atoms with E-state index in [0.29, 0.717) is 17.8 Å². The van der Waals surface area contributed by atoms with E-state index in [1.54, 1.807) is 7.05 Å². The van der Waals surface area contributed by atoms with Crippen LogP contribution in [0.15, 0.2) is 6.20 Å².